The van der Waals surface area contributed by atoms with Crippen molar-refractivity contribution in [3.8, 4) is 5.75 Å². The van der Waals surface area contributed by atoms with Crippen molar-refractivity contribution in [2.24, 2.45) is 5.92 Å². The fourth-order valence-corrected chi connectivity index (χ4v) is 3.26. The van der Waals surface area contributed by atoms with E-state index < -0.39 is 29.8 Å². The Morgan fingerprint density at radius 2 is 1.47 bits per heavy atom. The molecule has 0 bridgehead atoms. The summed E-state index contributed by atoms with van der Waals surface area (Å²) < 4.78 is 17.2. The third kappa shape index (κ3) is 8.61. The third-order valence-electron chi connectivity index (χ3n) is 4.70. The summed E-state index contributed by atoms with van der Waals surface area (Å²) >= 11 is 0. The molecule has 6 heteroatoms. The molecule has 2 rings (SSSR count). The van der Waals surface area contributed by atoms with Gasteiger partial charge < -0.3 is 19.5 Å². The lowest BCUT2D eigenvalue weighted by Gasteiger charge is -2.30. The minimum Gasteiger partial charge on any atom is -0.486 e. The third-order valence-corrected chi connectivity index (χ3v) is 4.70. The summed E-state index contributed by atoms with van der Waals surface area (Å²) in [4.78, 5) is 25.5. The van der Waals surface area contributed by atoms with Crippen molar-refractivity contribution in [2.45, 2.75) is 71.8 Å². The number of hydrogen-bond acceptors (Lipinski definition) is 5. The second-order valence-corrected chi connectivity index (χ2v) is 9.17. The molecular weight excluding hydrogens is 406 g/mol. The van der Waals surface area contributed by atoms with Crippen LogP contribution in [-0.2, 0) is 20.7 Å². The second-order valence-electron chi connectivity index (χ2n) is 9.17. The minimum absolute atomic E-state index is 0.101. The molecule has 0 aliphatic rings. The Morgan fingerprint density at radius 3 is 2.00 bits per heavy atom. The highest BCUT2D eigenvalue weighted by atomic mass is 16.6. The van der Waals surface area contributed by atoms with Crippen molar-refractivity contribution in [2.75, 3.05) is 0 Å². The SMILES string of the molecule is CC(C)[C@@H](Oc1ccccc1)[C@H](C)OC(=O)[C@H](Cc1ccccc1)NC(=O)OC(C)(C)C. The number of carbonyl (C=O) groups excluding carboxylic acids is 2. The van der Waals surface area contributed by atoms with Gasteiger partial charge in [-0.1, -0.05) is 62.4 Å². The van der Waals surface area contributed by atoms with Gasteiger partial charge in [0.15, 0.2) is 0 Å². The maximum atomic E-state index is 13.1. The fraction of sp³-hybridized carbons (Fsp3) is 0.462. The number of rotatable bonds is 9. The highest BCUT2D eigenvalue weighted by Gasteiger charge is 2.31. The monoisotopic (exact) mass is 441 g/mol. The van der Waals surface area contributed by atoms with Crippen LogP contribution in [-0.4, -0.2) is 35.9 Å². The first-order valence-electron chi connectivity index (χ1n) is 11.0. The number of benzene rings is 2. The lowest BCUT2D eigenvalue weighted by Crippen LogP contribution is -2.48. The van der Waals surface area contributed by atoms with E-state index in [0.717, 1.165) is 5.56 Å². The first kappa shape index (κ1) is 25.2. The van der Waals surface area contributed by atoms with Crippen LogP contribution in [0.4, 0.5) is 4.79 Å². The van der Waals surface area contributed by atoms with Crippen molar-refractivity contribution >= 4 is 12.1 Å². The van der Waals surface area contributed by atoms with E-state index in [9.17, 15) is 9.59 Å². The minimum atomic E-state index is -0.890. The zero-order chi connectivity index (χ0) is 23.7. The summed E-state index contributed by atoms with van der Waals surface area (Å²) in [5.74, 6) is 0.278. The summed E-state index contributed by atoms with van der Waals surface area (Å²) in [7, 11) is 0. The zero-order valence-electron chi connectivity index (χ0n) is 19.8. The lowest BCUT2D eigenvalue weighted by atomic mass is 10.0. The Balaban J connectivity index is 2.12. The van der Waals surface area contributed by atoms with Crippen LogP contribution in [0, 0.1) is 5.92 Å². The quantitative estimate of drug-likeness (QED) is 0.544. The van der Waals surface area contributed by atoms with Crippen molar-refractivity contribution in [3.05, 3.63) is 66.2 Å². The predicted octanol–water partition coefficient (Wildman–Crippen LogP) is 5.16. The molecule has 0 heterocycles. The first-order valence-corrected chi connectivity index (χ1v) is 11.0. The van der Waals surface area contributed by atoms with E-state index in [1.165, 1.54) is 0 Å². The van der Waals surface area contributed by atoms with Gasteiger partial charge in [-0.15, -0.1) is 0 Å². The van der Waals surface area contributed by atoms with Gasteiger partial charge in [0, 0.05) is 6.42 Å². The number of carbonyl (C=O) groups is 2. The number of nitrogens with one attached hydrogen (secondary N) is 1. The molecular formula is C26H35NO5. The van der Waals surface area contributed by atoms with Crippen LogP contribution in [0.25, 0.3) is 0 Å². The van der Waals surface area contributed by atoms with Gasteiger partial charge >= 0.3 is 12.1 Å². The topological polar surface area (TPSA) is 73.9 Å². The highest BCUT2D eigenvalue weighted by molar-refractivity contribution is 5.82. The average molecular weight is 442 g/mol. The van der Waals surface area contributed by atoms with Gasteiger partial charge in [-0.3, -0.25) is 0 Å². The summed E-state index contributed by atoms with van der Waals surface area (Å²) in [5.41, 5.74) is 0.226. The van der Waals surface area contributed by atoms with Gasteiger partial charge in [-0.05, 0) is 51.3 Å². The number of amides is 1. The van der Waals surface area contributed by atoms with Gasteiger partial charge in [-0.25, -0.2) is 9.59 Å². The van der Waals surface area contributed by atoms with Crippen molar-refractivity contribution in [1.29, 1.82) is 0 Å². The van der Waals surface area contributed by atoms with Crippen molar-refractivity contribution in [1.82, 2.24) is 5.32 Å². The maximum absolute atomic E-state index is 13.1. The Morgan fingerprint density at radius 1 is 0.906 bits per heavy atom. The summed E-state index contributed by atoms with van der Waals surface area (Å²) in [6, 6.07) is 18.0. The molecule has 0 unspecified atom stereocenters. The lowest BCUT2D eigenvalue weighted by molar-refractivity contribution is -0.156. The van der Waals surface area contributed by atoms with Gasteiger partial charge in [0.1, 0.15) is 29.6 Å². The molecule has 1 N–H and O–H groups in total. The van der Waals surface area contributed by atoms with Gasteiger partial charge in [0.25, 0.3) is 0 Å². The number of ether oxygens (including phenoxy) is 3. The standard InChI is InChI=1S/C26H35NO5/c1-18(2)23(31-21-15-11-8-12-16-21)19(3)30-24(28)22(17-20-13-9-7-10-14-20)27-25(29)32-26(4,5)6/h7-16,18-19,22-23H,17H2,1-6H3,(H,27,29)/t19-,22-,23+/m0/s1. The molecule has 0 aliphatic heterocycles. The second kappa shape index (κ2) is 11.6. The van der Waals surface area contributed by atoms with Crippen molar-refractivity contribution in [3.63, 3.8) is 0 Å². The van der Waals surface area contributed by atoms with E-state index >= 15 is 0 Å². The molecule has 174 valence electrons. The Hall–Kier alpha value is -3.02. The normalized spacial score (nSPS) is 14.2. The molecule has 0 saturated carbocycles. The highest BCUT2D eigenvalue weighted by Crippen LogP contribution is 2.20. The van der Waals surface area contributed by atoms with E-state index in [1.54, 1.807) is 27.7 Å². The van der Waals surface area contributed by atoms with Gasteiger partial charge in [-0.2, -0.15) is 0 Å². The van der Waals surface area contributed by atoms with Gasteiger partial charge in [0.2, 0.25) is 0 Å². The zero-order valence-corrected chi connectivity index (χ0v) is 19.8. The van der Waals surface area contributed by atoms with Crippen LogP contribution in [0.15, 0.2) is 60.7 Å². The Labute approximate surface area is 191 Å². The summed E-state index contributed by atoms with van der Waals surface area (Å²) in [5, 5.41) is 2.67. The molecule has 0 spiro atoms. The molecule has 0 aliphatic carbocycles. The molecule has 32 heavy (non-hydrogen) atoms. The largest absolute Gasteiger partial charge is 0.486 e. The van der Waals surface area contributed by atoms with E-state index in [4.69, 9.17) is 14.2 Å². The molecule has 0 fully saturated rings. The average Bonchev–Trinajstić information content (AvgIpc) is 2.71. The number of para-hydroxylation sites is 1. The van der Waals surface area contributed by atoms with E-state index in [-0.39, 0.29) is 18.4 Å². The van der Waals surface area contributed by atoms with Crippen LogP contribution in [0.1, 0.15) is 47.1 Å². The van der Waals surface area contributed by atoms with E-state index in [2.05, 4.69) is 5.32 Å². The van der Waals surface area contributed by atoms with Crippen LogP contribution < -0.4 is 10.1 Å². The fourth-order valence-electron chi connectivity index (χ4n) is 3.26. The van der Waals surface area contributed by atoms with E-state index in [1.807, 2.05) is 74.5 Å². The summed E-state index contributed by atoms with van der Waals surface area (Å²) in [6.07, 6.45) is -1.25. The number of hydrogen-bond donors (Lipinski definition) is 1. The van der Waals surface area contributed by atoms with Gasteiger partial charge in [0.05, 0.1) is 0 Å². The van der Waals surface area contributed by atoms with Crippen molar-refractivity contribution < 1.29 is 23.8 Å². The number of esters is 1. The Bertz CT molecular complexity index is 846. The maximum Gasteiger partial charge on any atom is 0.408 e. The summed E-state index contributed by atoms with van der Waals surface area (Å²) in [6.45, 7) is 11.1. The Kier molecular flexibility index (Phi) is 9.12. The predicted molar refractivity (Wildman–Crippen MR) is 125 cm³/mol. The molecule has 2 aromatic carbocycles. The molecule has 0 aromatic heterocycles. The van der Waals surface area contributed by atoms with Crippen LogP contribution >= 0.6 is 0 Å². The molecule has 0 radical (unpaired) electrons. The first-order chi connectivity index (χ1) is 15.0. The molecule has 2 aromatic rings. The smallest absolute Gasteiger partial charge is 0.408 e. The van der Waals surface area contributed by atoms with Crippen LogP contribution in [0.2, 0.25) is 0 Å². The molecule has 3 atom stereocenters. The molecule has 6 nitrogen and oxygen atoms in total. The molecule has 1 amide bonds. The van der Waals surface area contributed by atoms with Crippen LogP contribution in [0.5, 0.6) is 5.75 Å². The number of alkyl carbamates (subject to hydrolysis) is 1. The van der Waals surface area contributed by atoms with E-state index in [0.29, 0.717) is 5.75 Å². The van der Waals surface area contributed by atoms with Crippen LogP contribution in [0.3, 0.4) is 0 Å². The molecule has 0 saturated heterocycles.